The Bertz CT molecular complexity index is 104. The third kappa shape index (κ3) is 1.22. The summed E-state index contributed by atoms with van der Waals surface area (Å²) in [7, 11) is 0. The summed E-state index contributed by atoms with van der Waals surface area (Å²) in [5.74, 6) is 0.502. The molecule has 1 saturated heterocycles. The highest BCUT2D eigenvalue weighted by Gasteiger charge is 2.21. The molecule has 1 heterocycles. The van der Waals surface area contributed by atoms with Gasteiger partial charge in [0.15, 0.2) is 0 Å². The highest BCUT2D eigenvalue weighted by molar-refractivity contribution is 4.97. The molecule has 1 nitrogen and oxygen atoms in total. The molecule has 0 aromatic carbocycles. The van der Waals surface area contributed by atoms with Gasteiger partial charge in [-0.15, -0.1) is 13.2 Å². The molecule has 1 rings (SSSR count). The lowest BCUT2D eigenvalue weighted by atomic mass is 10.0. The zero-order valence-electron chi connectivity index (χ0n) is 5.55. The van der Waals surface area contributed by atoms with Crippen LogP contribution in [0.3, 0.4) is 0 Å². The summed E-state index contributed by atoms with van der Waals surface area (Å²) in [5.41, 5.74) is 0. The van der Waals surface area contributed by atoms with E-state index in [9.17, 15) is 0 Å². The molecule has 1 heteroatoms. The van der Waals surface area contributed by atoms with Gasteiger partial charge in [0.05, 0.1) is 6.10 Å². The molecule has 9 heavy (non-hydrogen) atoms. The largest absolute Gasteiger partial charge is 0.374 e. The highest BCUT2D eigenvalue weighted by atomic mass is 16.5. The van der Waals surface area contributed by atoms with Gasteiger partial charge in [0.1, 0.15) is 0 Å². The van der Waals surface area contributed by atoms with Crippen molar-refractivity contribution < 1.29 is 4.74 Å². The Hall–Kier alpha value is -0.560. The minimum atomic E-state index is 0.225. The van der Waals surface area contributed by atoms with Gasteiger partial charge in [-0.25, -0.2) is 0 Å². The van der Waals surface area contributed by atoms with Crippen molar-refractivity contribution in [3.63, 3.8) is 0 Å². The average molecular weight is 124 g/mol. The number of rotatable bonds is 2. The molecule has 0 radical (unpaired) electrons. The Morgan fingerprint density at radius 3 is 2.56 bits per heavy atom. The predicted molar refractivity (Wildman–Crippen MR) is 38.2 cm³/mol. The van der Waals surface area contributed by atoms with Crippen LogP contribution < -0.4 is 0 Å². The van der Waals surface area contributed by atoms with Crippen LogP contribution in [0.5, 0.6) is 0 Å². The first kappa shape index (κ1) is 6.56. The van der Waals surface area contributed by atoms with Gasteiger partial charge in [0, 0.05) is 12.5 Å². The van der Waals surface area contributed by atoms with E-state index in [4.69, 9.17) is 4.74 Å². The summed E-state index contributed by atoms with van der Waals surface area (Å²) in [6.07, 6.45) is 5.11. The minimum Gasteiger partial charge on any atom is -0.374 e. The van der Waals surface area contributed by atoms with E-state index in [1.807, 2.05) is 12.2 Å². The lowest BCUT2D eigenvalue weighted by molar-refractivity contribution is 0.136. The highest BCUT2D eigenvalue weighted by Crippen LogP contribution is 2.21. The van der Waals surface area contributed by atoms with Gasteiger partial charge in [-0.3, -0.25) is 0 Å². The lowest BCUT2D eigenvalue weighted by Gasteiger charge is -2.07. The monoisotopic (exact) mass is 124 g/mol. The van der Waals surface area contributed by atoms with E-state index < -0.39 is 0 Å². The van der Waals surface area contributed by atoms with Crippen molar-refractivity contribution in [2.45, 2.75) is 12.5 Å². The van der Waals surface area contributed by atoms with Crippen molar-refractivity contribution >= 4 is 0 Å². The SMILES string of the molecule is C=CC1CCOC1C=C. The molecule has 0 saturated carbocycles. The van der Waals surface area contributed by atoms with Crippen LogP contribution in [0.1, 0.15) is 6.42 Å². The summed E-state index contributed by atoms with van der Waals surface area (Å²) in [5, 5.41) is 0. The standard InChI is InChI=1S/C8H12O/c1-3-7-5-6-9-8(7)4-2/h3-4,7-8H,1-2,5-6H2. The molecular weight excluding hydrogens is 112 g/mol. The molecule has 0 aromatic heterocycles. The van der Waals surface area contributed by atoms with E-state index in [1.54, 1.807) is 0 Å². The maximum atomic E-state index is 5.32. The zero-order valence-corrected chi connectivity index (χ0v) is 5.55. The lowest BCUT2D eigenvalue weighted by Crippen LogP contribution is -2.08. The second-order valence-corrected chi connectivity index (χ2v) is 2.26. The molecule has 0 bridgehead atoms. The van der Waals surface area contributed by atoms with E-state index in [-0.39, 0.29) is 6.10 Å². The zero-order chi connectivity index (χ0) is 6.69. The third-order valence-electron chi connectivity index (χ3n) is 1.72. The molecule has 0 aliphatic carbocycles. The van der Waals surface area contributed by atoms with Gasteiger partial charge in [-0.05, 0) is 6.42 Å². The Morgan fingerprint density at radius 2 is 2.11 bits per heavy atom. The van der Waals surface area contributed by atoms with Crippen LogP contribution in [0.4, 0.5) is 0 Å². The first-order chi connectivity index (χ1) is 4.38. The average Bonchev–Trinajstić information content (AvgIpc) is 2.33. The van der Waals surface area contributed by atoms with Gasteiger partial charge in [0.25, 0.3) is 0 Å². The fourth-order valence-electron chi connectivity index (χ4n) is 1.12. The smallest absolute Gasteiger partial charge is 0.0816 e. The molecule has 50 valence electrons. The van der Waals surface area contributed by atoms with Gasteiger partial charge < -0.3 is 4.74 Å². The second kappa shape index (κ2) is 2.83. The number of hydrogen-bond acceptors (Lipinski definition) is 1. The molecule has 0 N–H and O–H groups in total. The van der Waals surface area contributed by atoms with Crippen molar-refractivity contribution in [3.8, 4) is 0 Å². The van der Waals surface area contributed by atoms with E-state index in [1.165, 1.54) is 0 Å². The van der Waals surface area contributed by atoms with E-state index in [0.29, 0.717) is 5.92 Å². The van der Waals surface area contributed by atoms with Crippen molar-refractivity contribution in [3.05, 3.63) is 25.3 Å². The molecule has 1 aliphatic heterocycles. The van der Waals surface area contributed by atoms with Crippen LogP contribution in [0.15, 0.2) is 25.3 Å². The van der Waals surface area contributed by atoms with E-state index in [2.05, 4.69) is 13.2 Å². The van der Waals surface area contributed by atoms with Crippen molar-refractivity contribution in [2.75, 3.05) is 6.61 Å². The fraction of sp³-hybridized carbons (Fsp3) is 0.500. The van der Waals surface area contributed by atoms with Gasteiger partial charge >= 0.3 is 0 Å². The molecule has 0 spiro atoms. The van der Waals surface area contributed by atoms with Crippen molar-refractivity contribution in [1.82, 2.24) is 0 Å². The molecule has 2 unspecified atom stereocenters. The first-order valence-electron chi connectivity index (χ1n) is 3.25. The van der Waals surface area contributed by atoms with E-state index >= 15 is 0 Å². The molecule has 1 aliphatic rings. The van der Waals surface area contributed by atoms with Crippen LogP contribution in [-0.2, 0) is 4.74 Å². The topological polar surface area (TPSA) is 9.23 Å². The van der Waals surface area contributed by atoms with Crippen LogP contribution >= 0.6 is 0 Å². The maximum Gasteiger partial charge on any atom is 0.0816 e. The quantitative estimate of drug-likeness (QED) is 0.510. The Balaban J connectivity index is 2.50. The normalized spacial score (nSPS) is 34.2. The molecule has 2 atom stereocenters. The van der Waals surface area contributed by atoms with Crippen LogP contribution in [0.25, 0.3) is 0 Å². The second-order valence-electron chi connectivity index (χ2n) is 2.26. The summed E-state index contributed by atoms with van der Waals surface area (Å²) in [4.78, 5) is 0. The van der Waals surface area contributed by atoms with Gasteiger partial charge in [0.2, 0.25) is 0 Å². The van der Waals surface area contributed by atoms with Crippen LogP contribution in [0.2, 0.25) is 0 Å². The molecule has 0 amide bonds. The van der Waals surface area contributed by atoms with Crippen molar-refractivity contribution in [2.24, 2.45) is 5.92 Å². The first-order valence-corrected chi connectivity index (χ1v) is 3.25. The molecule has 1 fully saturated rings. The van der Waals surface area contributed by atoms with Gasteiger partial charge in [-0.2, -0.15) is 0 Å². The Kier molecular flexibility index (Phi) is 2.06. The summed E-state index contributed by atoms with van der Waals surface area (Å²) in [6, 6.07) is 0. The maximum absolute atomic E-state index is 5.32. The number of ether oxygens (including phenoxy) is 1. The third-order valence-corrected chi connectivity index (χ3v) is 1.72. The Morgan fingerprint density at radius 1 is 1.33 bits per heavy atom. The van der Waals surface area contributed by atoms with Crippen LogP contribution in [-0.4, -0.2) is 12.7 Å². The minimum absolute atomic E-state index is 0.225. The summed E-state index contributed by atoms with van der Waals surface area (Å²) >= 11 is 0. The predicted octanol–water partition coefficient (Wildman–Crippen LogP) is 1.76. The number of hydrogen-bond donors (Lipinski definition) is 0. The molecule has 0 aromatic rings. The van der Waals surface area contributed by atoms with E-state index in [0.717, 1.165) is 13.0 Å². The van der Waals surface area contributed by atoms with Crippen molar-refractivity contribution in [1.29, 1.82) is 0 Å². The fourth-order valence-corrected chi connectivity index (χ4v) is 1.12. The summed E-state index contributed by atoms with van der Waals surface area (Å²) in [6.45, 7) is 8.24. The van der Waals surface area contributed by atoms with Gasteiger partial charge in [-0.1, -0.05) is 12.2 Å². The summed E-state index contributed by atoms with van der Waals surface area (Å²) < 4.78 is 5.32. The molecular formula is C8H12O. The van der Waals surface area contributed by atoms with Crippen LogP contribution in [0, 0.1) is 5.92 Å². The Labute approximate surface area is 56.0 Å².